The summed E-state index contributed by atoms with van der Waals surface area (Å²) in [5.74, 6) is 0.167. The van der Waals surface area contributed by atoms with Crippen LogP contribution >= 0.6 is 0 Å². The number of carboxylic acids is 1. The predicted octanol–water partition coefficient (Wildman–Crippen LogP) is 2.12. The van der Waals surface area contributed by atoms with Crippen molar-refractivity contribution in [2.24, 2.45) is 5.92 Å². The lowest BCUT2D eigenvalue weighted by molar-refractivity contribution is 0.0543. The Morgan fingerprint density at radius 1 is 1.38 bits per heavy atom. The number of benzene rings is 1. The van der Waals surface area contributed by atoms with Crippen molar-refractivity contribution in [1.82, 2.24) is 4.90 Å². The van der Waals surface area contributed by atoms with Crippen LogP contribution in [0.2, 0.25) is 0 Å². The second-order valence-electron chi connectivity index (χ2n) is 5.47. The van der Waals surface area contributed by atoms with Gasteiger partial charge in [0, 0.05) is 26.3 Å². The number of nitrogens with zero attached hydrogens (tertiary/aromatic N) is 1. The fraction of sp³-hybridized carbons (Fsp3) is 0.562. The van der Waals surface area contributed by atoms with E-state index in [1.165, 1.54) is 0 Å². The van der Waals surface area contributed by atoms with Gasteiger partial charge in [0.05, 0.1) is 0 Å². The number of ether oxygens (including phenoxy) is 2. The summed E-state index contributed by atoms with van der Waals surface area (Å²) in [7, 11) is 2.07. The number of hydrogen-bond acceptors (Lipinski definition) is 4. The van der Waals surface area contributed by atoms with Gasteiger partial charge in [0.15, 0.2) is 0 Å². The molecule has 0 bridgehead atoms. The normalized spacial score (nSPS) is 16.1. The molecule has 1 aromatic carbocycles. The molecule has 0 saturated carbocycles. The van der Waals surface area contributed by atoms with E-state index in [2.05, 4.69) is 11.9 Å². The summed E-state index contributed by atoms with van der Waals surface area (Å²) in [5.41, 5.74) is 0.213. The van der Waals surface area contributed by atoms with Crippen LogP contribution in [0.25, 0.3) is 0 Å². The lowest BCUT2D eigenvalue weighted by Crippen LogP contribution is -2.32. The van der Waals surface area contributed by atoms with Crippen LogP contribution in [-0.2, 0) is 4.74 Å². The van der Waals surface area contributed by atoms with Crippen molar-refractivity contribution < 1.29 is 19.4 Å². The molecule has 0 aromatic heterocycles. The van der Waals surface area contributed by atoms with Gasteiger partial charge in [0.1, 0.15) is 17.9 Å². The number of likely N-dealkylation sites (N-methyl/N-ethyl adjacent to an activating group) is 1. The van der Waals surface area contributed by atoms with Gasteiger partial charge >= 0.3 is 5.97 Å². The molecule has 1 aromatic rings. The molecule has 0 aliphatic carbocycles. The number of carbonyl (C=O) groups is 1. The molecule has 1 N–H and O–H groups in total. The Balaban J connectivity index is 1.74. The van der Waals surface area contributed by atoms with Crippen molar-refractivity contribution in [2.45, 2.75) is 12.8 Å². The molecule has 0 unspecified atom stereocenters. The van der Waals surface area contributed by atoms with E-state index in [-0.39, 0.29) is 5.56 Å². The quantitative estimate of drug-likeness (QED) is 0.834. The standard InChI is InChI=1S/C16H23NO4/c1-17(12-13-6-9-20-10-7-13)8-11-21-15-5-3-2-4-14(15)16(18)19/h2-5,13H,6-12H2,1H3,(H,18,19). The van der Waals surface area contributed by atoms with Crippen molar-refractivity contribution >= 4 is 5.97 Å². The Labute approximate surface area is 125 Å². The average Bonchev–Trinajstić information content (AvgIpc) is 2.48. The van der Waals surface area contributed by atoms with E-state index in [0.29, 0.717) is 18.3 Å². The van der Waals surface area contributed by atoms with E-state index in [0.717, 1.165) is 39.1 Å². The average molecular weight is 293 g/mol. The number of hydrogen-bond donors (Lipinski definition) is 1. The fourth-order valence-electron chi connectivity index (χ4n) is 2.54. The summed E-state index contributed by atoms with van der Waals surface area (Å²) < 4.78 is 11.0. The SMILES string of the molecule is CN(CCOc1ccccc1C(=O)O)CC1CCOCC1. The first-order valence-corrected chi connectivity index (χ1v) is 7.38. The predicted molar refractivity (Wildman–Crippen MR) is 79.9 cm³/mol. The van der Waals surface area contributed by atoms with Crippen LogP contribution in [0.1, 0.15) is 23.2 Å². The van der Waals surface area contributed by atoms with Crippen molar-refractivity contribution in [1.29, 1.82) is 0 Å². The topological polar surface area (TPSA) is 59.0 Å². The minimum absolute atomic E-state index is 0.213. The summed E-state index contributed by atoms with van der Waals surface area (Å²) >= 11 is 0. The zero-order valence-electron chi connectivity index (χ0n) is 12.5. The maximum atomic E-state index is 11.1. The number of para-hydroxylation sites is 1. The summed E-state index contributed by atoms with van der Waals surface area (Å²) in [5, 5.41) is 9.09. The first-order chi connectivity index (χ1) is 10.2. The smallest absolute Gasteiger partial charge is 0.339 e. The number of aromatic carboxylic acids is 1. The highest BCUT2D eigenvalue weighted by Gasteiger charge is 2.16. The molecule has 1 fully saturated rings. The van der Waals surface area contributed by atoms with Crippen LogP contribution < -0.4 is 4.74 Å². The molecule has 116 valence electrons. The van der Waals surface area contributed by atoms with Crippen LogP contribution in [0.15, 0.2) is 24.3 Å². The van der Waals surface area contributed by atoms with Gasteiger partial charge in [-0.15, -0.1) is 0 Å². The molecule has 21 heavy (non-hydrogen) atoms. The first-order valence-electron chi connectivity index (χ1n) is 7.38. The maximum Gasteiger partial charge on any atom is 0.339 e. The van der Waals surface area contributed by atoms with Crippen molar-refractivity contribution in [2.75, 3.05) is 40.0 Å². The first kappa shape index (κ1) is 15.8. The van der Waals surface area contributed by atoms with Crippen LogP contribution in [0.4, 0.5) is 0 Å². The number of carboxylic acid groups (broad SMARTS) is 1. The van der Waals surface area contributed by atoms with E-state index in [9.17, 15) is 4.79 Å². The van der Waals surface area contributed by atoms with Gasteiger partial charge in [0.2, 0.25) is 0 Å². The molecule has 0 spiro atoms. The highest BCUT2D eigenvalue weighted by molar-refractivity contribution is 5.90. The lowest BCUT2D eigenvalue weighted by atomic mass is 10.00. The Hall–Kier alpha value is -1.59. The maximum absolute atomic E-state index is 11.1. The third-order valence-electron chi connectivity index (χ3n) is 3.76. The molecule has 5 heteroatoms. The molecular formula is C16H23NO4. The van der Waals surface area contributed by atoms with E-state index < -0.39 is 5.97 Å². The molecule has 1 aliphatic rings. The van der Waals surface area contributed by atoms with E-state index in [1.54, 1.807) is 24.3 Å². The minimum Gasteiger partial charge on any atom is -0.491 e. The fourth-order valence-corrected chi connectivity index (χ4v) is 2.54. The third-order valence-corrected chi connectivity index (χ3v) is 3.76. The summed E-state index contributed by atoms with van der Waals surface area (Å²) in [6, 6.07) is 6.74. The van der Waals surface area contributed by atoms with Crippen LogP contribution in [0, 0.1) is 5.92 Å². The van der Waals surface area contributed by atoms with Gasteiger partial charge in [0.25, 0.3) is 0 Å². The number of rotatable bonds is 7. The Morgan fingerprint density at radius 3 is 2.81 bits per heavy atom. The molecule has 0 atom stereocenters. The summed E-state index contributed by atoms with van der Waals surface area (Å²) in [6.07, 6.45) is 2.24. The molecule has 1 aliphatic heterocycles. The minimum atomic E-state index is -0.957. The Kier molecular flexibility index (Phi) is 6.02. The van der Waals surface area contributed by atoms with Gasteiger partial charge in [-0.1, -0.05) is 12.1 Å². The lowest BCUT2D eigenvalue weighted by Gasteiger charge is -2.27. The summed E-state index contributed by atoms with van der Waals surface area (Å²) in [4.78, 5) is 13.3. The van der Waals surface area contributed by atoms with Crippen molar-refractivity contribution in [3.63, 3.8) is 0 Å². The van der Waals surface area contributed by atoms with Gasteiger partial charge in [-0.25, -0.2) is 4.79 Å². The van der Waals surface area contributed by atoms with Gasteiger partial charge in [-0.05, 0) is 37.9 Å². The Bertz CT molecular complexity index is 457. The molecule has 1 saturated heterocycles. The molecule has 5 nitrogen and oxygen atoms in total. The highest BCUT2D eigenvalue weighted by atomic mass is 16.5. The zero-order valence-corrected chi connectivity index (χ0v) is 12.5. The Morgan fingerprint density at radius 2 is 2.10 bits per heavy atom. The van der Waals surface area contributed by atoms with Crippen LogP contribution in [0.3, 0.4) is 0 Å². The van der Waals surface area contributed by atoms with Crippen LogP contribution in [-0.4, -0.2) is 55.9 Å². The molecular weight excluding hydrogens is 270 g/mol. The van der Waals surface area contributed by atoms with E-state index in [1.807, 2.05) is 0 Å². The molecule has 1 heterocycles. The van der Waals surface area contributed by atoms with Crippen molar-refractivity contribution in [3.8, 4) is 5.75 Å². The van der Waals surface area contributed by atoms with E-state index >= 15 is 0 Å². The molecule has 0 amide bonds. The summed E-state index contributed by atoms with van der Waals surface area (Å²) in [6.45, 7) is 4.03. The third kappa shape index (κ3) is 5.02. The van der Waals surface area contributed by atoms with Gasteiger partial charge < -0.3 is 19.5 Å². The van der Waals surface area contributed by atoms with Gasteiger partial charge in [-0.3, -0.25) is 0 Å². The zero-order chi connectivity index (χ0) is 15.1. The van der Waals surface area contributed by atoms with Crippen molar-refractivity contribution in [3.05, 3.63) is 29.8 Å². The van der Waals surface area contributed by atoms with E-state index in [4.69, 9.17) is 14.6 Å². The van der Waals surface area contributed by atoms with Gasteiger partial charge in [-0.2, -0.15) is 0 Å². The van der Waals surface area contributed by atoms with Crippen LogP contribution in [0.5, 0.6) is 5.75 Å². The highest BCUT2D eigenvalue weighted by Crippen LogP contribution is 2.18. The molecule has 0 radical (unpaired) electrons. The molecule has 2 rings (SSSR count). The second kappa shape index (κ2) is 8.00. The second-order valence-corrected chi connectivity index (χ2v) is 5.47. The largest absolute Gasteiger partial charge is 0.491 e. The monoisotopic (exact) mass is 293 g/mol.